The Morgan fingerprint density at radius 3 is 2.33 bits per heavy atom. The quantitative estimate of drug-likeness (QED) is 0.872. The lowest BCUT2D eigenvalue weighted by atomic mass is 10.3. The second kappa shape index (κ2) is 4.46. The van der Waals surface area contributed by atoms with Gasteiger partial charge in [0.2, 0.25) is 0 Å². The van der Waals surface area contributed by atoms with Crippen molar-refractivity contribution in [1.29, 1.82) is 0 Å². The summed E-state index contributed by atoms with van der Waals surface area (Å²) in [6, 6.07) is 0. The lowest BCUT2D eigenvalue weighted by Crippen LogP contribution is -2.12. The smallest absolute Gasteiger partial charge is 0.326 e. The normalized spacial score (nSPS) is 12.5. The summed E-state index contributed by atoms with van der Waals surface area (Å²) in [6.45, 7) is 0.272. The molecule has 0 saturated carbocycles. The van der Waals surface area contributed by atoms with Gasteiger partial charge in [0.15, 0.2) is 5.69 Å². The second-order valence-electron chi connectivity index (χ2n) is 3.32. The van der Waals surface area contributed by atoms with Gasteiger partial charge >= 0.3 is 6.18 Å². The Morgan fingerprint density at radius 1 is 1.40 bits per heavy atom. The van der Waals surface area contributed by atoms with Crippen LogP contribution >= 0.6 is 11.3 Å². The molecule has 0 aliphatic rings. The summed E-state index contributed by atoms with van der Waals surface area (Å²) in [7, 11) is 3.55. The summed E-state index contributed by atoms with van der Waals surface area (Å²) < 4.78 is 37.4. The Hall–Kier alpha value is -0.660. The fourth-order valence-electron chi connectivity index (χ4n) is 1.10. The van der Waals surface area contributed by atoms with Crippen molar-refractivity contribution in [3.63, 3.8) is 0 Å². The largest absolute Gasteiger partial charge is 0.434 e. The van der Waals surface area contributed by atoms with Gasteiger partial charge in [-0.1, -0.05) is 0 Å². The van der Waals surface area contributed by atoms with E-state index in [-0.39, 0.29) is 11.4 Å². The average Bonchev–Trinajstić information content (AvgIpc) is 2.45. The third kappa shape index (κ3) is 3.15. The second-order valence-corrected chi connectivity index (χ2v) is 4.49. The predicted octanol–water partition coefficient (Wildman–Crippen LogP) is 1.68. The molecule has 0 atom stereocenters. The van der Waals surface area contributed by atoms with Gasteiger partial charge < -0.3 is 10.6 Å². The summed E-state index contributed by atoms with van der Waals surface area (Å²) >= 11 is 1.02. The van der Waals surface area contributed by atoms with Crippen molar-refractivity contribution in [2.24, 2.45) is 5.73 Å². The van der Waals surface area contributed by atoms with Crippen LogP contribution in [0.3, 0.4) is 0 Å². The lowest BCUT2D eigenvalue weighted by molar-refractivity contribution is -0.141. The molecule has 86 valence electrons. The molecule has 0 aliphatic carbocycles. The van der Waals surface area contributed by atoms with Crippen LogP contribution in [0.25, 0.3) is 0 Å². The molecule has 1 aromatic rings. The molecule has 0 aromatic carbocycles. The number of alkyl halides is 3. The van der Waals surface area contributed by atoms with Gasteiger partial charge in [-0.25, -0.2) is 4.98 Å². The van der Waals surface area contributed by atoms with E-state index in [9.17, 15) is 13.2 Å². The van der Waals surface area contributed by atoms with Crippen molar-refractivity contribution < 1.29 is 13.2 Å². The molecule has 15 heavy (non-hydrogen) atoms. The predicted molar refractivity (Wildman–Crippen MR) is 52.4 cm³/mol. The van der Waals surface area contributed by atoms with Gasteiger partial charge in [0.1, 0.15) is 5.01 Å². The van der Waals surface area contributed by atoms with E-state index in [1.165, 1.54) is 0 Å². The molecule has 0 amide bonds. The van der Waals surface area contributed by atoms with E-state index in [1.807, 2.05) is 0 Å². The van der Waals surface area contributed by atoms with E-state index in [2.05, 4.69) is 4.98 Å². The molecule has 0 spiro atoms. The minimum absolute atomic E-state index is 0.0966. The van der Waals surface area contributed by atoms with Crippen LogP contribution in [0.2, 0.25) is 0 Å². The summed E-state index contributed by atoms with van der Waals surface area (Å²) in [5.41, 5.74) is 4.41. The van der Waals surface area contributed by atoms with Crippen LogP contribution in [0.5, 0.6) is 0 Å². The molecule has 0 saturated heterocycles. The maximum atomic E-state index is 12.5. The van der Waals surface area contributed by atoms with Gasteiger partial charge in [-0.2, -0.15) is 13.2 Å². The van der Waals surface area contributed by atoms with Crippen LogP contribution in [-0.4, -0.2) is 24.0 Å². The van der Waals surface area contributed by atoms with E-state index in [0.717, 1.165) is 11.3 Å². The van der Waals surface area contributed by atoms with Crippen LogP contribution in [0.1, 0.15) is 15.6 Å². The molecule has 0 radical (unpaired) electrons. The Kier molecular flexibility index (Phi) is 3.69. The van der Waals surface area contributed by atoms with E-state index < -0.39 is 11.9 Å². The maximum Gasteiger partial charge on any atom is 0.434 e. The van der Waals surface area contributed by atoms with Crippen LogP contribution in [0, 0.1) is 0 Å². The molecule has 0 aliphatic heterocycles. The lowest BCUT2D eigenvalue weighted by Gasteiger charge is -2.05. The highest BCUT2D eigenvalue weighted by atomic mass is 32.1. The maximum absolute atomic E-state index is 12.5. The molecule has 7 heteroatoms. The first-order valence-electron chi connectivity index (χ1n) is 4.25. The summed E-state index contributed by atoms with van der Waals surface area (Å²) in [5, 5.41) is 0.438. The molecule has 3 nitrogen and oxygen atoms in total. The summed E-state index contributed by atoms with van der Waals surface area (Å²) in [6.07, 6.45) is -4.41. The zero-order valence-electron chi connectivity index (χ0n) is 8.43. The standard InChI is InChI=1S/C8H12F3N3S/c1-14(2)4-6-13-7(8(9,10)11)5(3-12)15-6/h3-4,12H2,1-2H3. The molecule has 0 unspecified atom stereocenters. The minimum atomic E-state index is -4.41. The molecule has 1 rings (SSSR count). The van der Waals surface area contributed by atoms with Crippen molar-refractivity contribution in [2.45, 2.75) is 19.3 Å². The molecule has 1 aromatic heterocycles. The Bertz CT molecular complexity index is 332. The van der Waals surface area contributed by atoms with E-state index in [1.54, 1.807) is 19.0 Å². The van der Waals surface area contributed by atoms with E-state index in [0.29, 0.717) is 11.6 Å². The van der Waals surface area contributed by atoms with Gasteiger partial charge in [0, 0.05) is 13.1 Å². The number of thiazole rings is 1. The average molecular weight is 239 g/mol. The Labute approximate surface area is 89.7 Å². The zero-order valence-corrected chi connectivity index (χ0v) is 9.24. The van der Waals surface area contributed by atoms with Gasteiger partial charge in [-0.15, -0.1) is 11.3 Å². The topological polar surface area (TPSA) is 42.2 Å². The molecule has 0 fully saturated rings. The van der Waals surface area contributed by atoms with Crippen LogP contribution in [0.4, 0.5) is 13.2 Å². The molecule has 0 bridgehead atoms. The number of hydrogen-bond acceptors (Lipinski definition) is 4. The number of rotatable bonds is 3. The summed E-state index contributed by atoms with van der Waals surface area (Å²) in [4.78, 5) is 5.42. The highest BCUT2D eigenvalue weighted by Crippen LogP contribution is 2.34. The third-order valence-electron chi connectivity index (χ3n) is 1.65. The van der Waals surface area contributed by atoms with Crippen LogP contribution < -0.4 is 5.73 Å². The zero-order chi connectivity index (χ0) is 11.6. The first-order chi connectivity index (χ1) is 6.84. The number of halogens is 3. The van der Waals surface area contributed by atoms with Crippen molar-refractivity contribution in [2.75, 3.05) is 14.1 Å². The highest BCUT2D eigenvalue weighted by molar-refractivity contribution is 7.11. The van der Waals surface area contributed by atoms with Crippen LogP contribution in [-0.2, 0) is 19.3 Å². The first-order valence-corrected chi connectivity index (χ1v) is 5.06. The Balaban J connectivity index is 3.01. The molecule has 2 N–H and O–H groups in total. The third-order valence-corrected chi connectivity index (χ3v) is 2.71. The van der Waals surface area contributed by atoms with Gasteiger partial charge in [0.25, 0.3) is 0 Å². The van der Waals surface area contributed by atoms with Gasteiger partial charge in [0.05, 0.1) is 4.88 Å². The van der Waals surface area contributed by atoms with Crippen molar-refractivity contribution in [1.82, 2.24) is 9.88 Å². The fraction of sp³-hybridized carbons (Fsp3) is 0.625. The van der Waals surface area contributed by atoms with Crippen molar-refractivity contribution in [3.8, 4) is 0 Å². The molecular weight excluding hydrogens is 227 g/mol. The monoisotopic (exact) mass is 239 g/mol. The number of nitrogens with two attached hydrogens (primary N) is 1. The number of nitrogens with zero attached hydrogens (tertiary/aromatic N) is 2. The Morgan fingerprint density at radius 2 is 2.00 bits per heavy atom. The van der Waals surface area contributed by atoms with E-state index >= 15 is 0 Å². The van der Waals surface area contributed by atoms with Crippen molar-refractivity contribution >= 4 is 11.3 Å². The summed E-state index contributed by atoms with van der Waals surface area (Å²) in [5.74, 6) is 0. The molecular formula is C8H12F3N3S. The first kappa shape index (κ1) is 12.4. The highest BCUT2D eigenvalue weighted by Gasteiger charge is 2.36. The minimum Gasteiger partial charge on any atom is -0.326 e. The SMILES string of the molecule is CN(C)Cc1nc(C(F)(F)F)c(CN)s1. The van der Waals surface area contributed by atoms with E-state index in [4.69, 9.17) is 5.73 Å². The fourth-order valence-corrected chi connectivity index (χ4v) is 2.18. The number of hydrogen-bond donors (Lipinski definition) is 1. The van der Waals surface area contributed by atoms with Crippen molar-refractivity contribution in [3.05, 3.63) is 15.6 Å². The van der Waals surface area contributed by atoms with Crippen LogP contribution in [0.15, 0.2) is 0 Å². The molecule has 1 heterocycles. The van der Waals surface area contributed by atoms with Gasteiger partial charge in [-0.3, -0.25) is 0 Å². The number of aromatic nitrogens is 1. The van der Waals surface area contributed by atoms with Gasteiger partial charge in [-0.05, 0) is 14.1 Å².